The van der Waals surface area contributed by atoms with Crippen molar-refractivity contribution >= 4 is 33.7 Å². The summed E-state index contributed by atoms with van der Waals surface area (Å²) in [5.41, 5.74) is 4.27. The zero-order valence-electron chi connectivity index (χ0n) is 20.4. The van der Waals surface area contributed by atoms with Crippen molar-refractivity contribution in [2.45, 2.75) is 6.54 Å². The van der Waals surface area contributed by atoms with E-state index in [-0.39, 0.29) is 5.78 Å². The highest BCUT2D eigenvalue weighted by molar-refractivity contribution is 6.16. The van der Waals surface area contributed by atoms with Gasteiger partial charge in [0, 0.05) is 27.9 Å². The summed E-state index contributed by atoms with van der Waals surface area (Å²) >= 11 is 0. The molecule has 0 saturated carbocycles. The summed E-state index contributed by atoms with van der Waals surface area (Å²) in [6.45, 7) is 0.575. The van der Waals surface area contributed by atoms with Gasteiger partial charge in [-0.2, -0.15) is 4.57 Å². The summed E-state index contributed by atoms with van der Waals surface area (Å²) in [7, 11) is 4.70. The van der Waals surface area contributed by atoms with Gasteiger partial charge in [-0.15, -0.1) is 0 Å². The molecule has 5 rings (SSSR count). The number of methoxy groups -OCH3 is 3. The lowest BCUT2D eigenvalue weighted by molar-refractivity contribution is -0.688. The molecule has 0 aliphatic carbocycles. The van der Waals surface area contributed by atoms with Crippen LogP contribution in [0.15, 0.2) is 85.1 Å². The van der Waals surface area contributed by atoms with Crippen LogP contribution < -0.4 is 18.8 Å². The van der Waals surface area contributed by atoms with Crippen LogP contribution in [0.1, 0.15) is 21.6 Å². The van der Waals surface area contributed by atoms with Crippen molar-refractivity contribution in [1.82, 2.24) is 4.98 Å². The molecular formula is C30H27N2O4+. The molecule has 2 heterocycles. The highest BCUT2D eigenvalue weighted by Crippen LogP contribution is 2.38. The normalized spacial score (nSPS) is 11.3. The van der Waals surface area contributed by atoms with Crippen LogP contribution in [-0.2, 0) is 6.54 Å². The van der Waals surface area contributed by atoms with Crippen molar-refractivity contribution < 1.29 is 23.6 Å². The van der Waals surface area contributed by atoms with Crippen LogP contribution in [0.5, 0.6) is 17.2 Å². The van der Waals surface area contributed by atoms with Gasteiger partial charge in [0.25, 0.3) is 11.5 Å². The van der Waals surface area contributed by atoms with Gasteiger partial charge >= 0.3 is 0 Å². The molecule has 180 valence electrons. The molecule has 0 amide bonds. The quantitative estimate of drug-likeness (QED) is 0.179. The lowest BCUT2D eigenvalue weighted by Crippen LogP contribution is -2.40. The molecular weight excluding hydrogens is 452 g/mol. The summed E-state index contributed by atoms with van der Waals surface area (Å²) in [6.07, 6.45) is 5.33. The molecule has 6 nitrogen and oxygen atoms in total. The second kappa shape index (κ2) is 9.96. The lowest BCUT2D eigenvalue weighted by atomic mass is 10.1. The fraction of sp³-hybridized carbons (Fsp3) is 0.133. The molecule has 2 aromatic heterocycles. The third-order valence-electron chi connectivity index (χ3n) is 6.23. The van der Waals surface area contributed by atoms with Gasteiger partial charge in [-0.05, 0) is 29.8 Å². The molecule has 0 unspecified atom stereocenters. The molecule has 36 heavy (non-hydrogen) atoms. The van der Waals surface area contributed by atoms with E-state index in [1.807, 2.05) is 59.3 Å². The molecule has 0 atom stereocenters. The standard InChI is InChI=1S/C30H26N2O4/c1-34-26-17-21(18-27(35-2)30(26)36-3)13-14-25(33)29-28-23(22-11-7-8-12-24(22)31-28)15-16-32(29)19-20-9-5-4-6-10-20/h4-18H,19H2,1-3H3/p+1/b14-13+. The molecule has 1 N–H and O–H groups in total. The number of aromatic nitrogens is 2. The van der Waals surface area contributed by atoms with Crippen LogP contribution in [0.25, 0.3) is 27.9 Å². The first-order valence-corrected chi connectivity index (χ1v) is 11.6. The summed E-state index contributed by atoms with van der Waals surface area (Å²) in [5, 5.41) is 2.10. The fourth-order valence-corrected chi connectivity index (χ4v) is 4.53. The van der Waals surface area contributed by atoms with E-state index < -0.39 is 0 Å². The van der Waals surface area contributed by atoms with E-state index in [0.717, 1.165) is 32.9 Å². The first-order valence-electron chi connectivity index (χ1n) is 11.6. The van der Waals surface area contributed by atoms with Crippen LogP contribution in [0.3, 0.4) is 0 Å². The van der Waals surface area contributed by atoms with E-state index >= 15 is 0 Å². The summed E-state index contributed by atoms with van der Waals surface area (Å²) in [6, 6.07) is 23.9. The van der Waals surface area contributed by atoms with Gasteiger partial charge in [-0.25, -0.2) is 0 Å². The second-order valence-corrected chi connectivity index (χ2v) is 8.39. The van der Waals surface area contributed by atoms with Crippen molar-refractivity contribution in [3.05, 3.63) is 102 Å². The molecule has 0 aliphatic rings. The SMILES string of the molecule is COc1cc(/C=C/C(=O)c2c3[nH]c4ccccc4c3cc[n+]2Cc2ccccc2)cc(OC)c1OC. The molecule has 3 aromatic carbocycles. The number of fused-ring (bicyclic) bond motifs is 3. The minimum Gasteiger partial charge on any atom is -0.493 e. The number of H-pyrrole nitrogens is 1. The Kier molecular flexibility index (Phi) is 6.41. The minimum absolute atomic E-state index is 0.114. The van der Waals surface area contributed by atoms with E-state index in [1.54, 1.807) is 33.5 Å². The fourth-order valence-electron chi connectivity index (χ4n) is 4.53. The number of carbonyl (C=O) groups excluding carboxylic acids is 1. The molecule has 0 aliphatic heterocycles. The monoisotopic (exact) mass is 479 g/mol. The van der Waals surface area contributed by atoms with E-state index in [0.29, 0.717) is 29.5 Å². The third kappa shape index (κ3) is 4.29. The zero-order chi connectivity index (χ0) is 25.1. The van der Waals surface area contributed by atoms with E-state index in [1.165, 1.54) is 0 Å². The van der Waals surface area contributed by atoms with E-state index in [4.69, 9.17) is 14.2 Å². The average molecular weight is 480 g/mol. The number of pyridine rings is 1. The molecule has 5 aromatic rings. The number of hydrogen-bond acceptors (Lipinski definition) is 4. The van der Waals surface area contributed by atoms with Crippen LogP contribution in [0.2, 0.25) is 0 Å². The number of allylic oxidation sites excluding steroid dienone is 1. The topological polar surface area (TPSA) is 64.4 Å². The first kappa shape index (κ1) is 23.2. The number of hydrogen-bond donors (Lipinski definition) is 1. The number of aromatic amines is 1. The Balaban J connectivity index is 1.61. The van der Waals surface area contributed by atoms with Gasteiger partial charge in [0.1, 0.15) is 5.52 Å². The Bertz CT molecular complexity index is 1560. The van der Waals surface area contributed by atoms with Crippen molar-refractivity contribution in [2.75, 3.05) is 21.3 Å². The lowest BCUT2D eigenvalue weighted by Gasteiger charge is -2.12. The van der Waals surface area contributed by atoms with Gasteiger partial charge < -0.3 is 19.2 Å². The highest BCUT2D eigenvalue weighted by atomic mass is 16.5. The molecule has 0 radical (unpaired) electrons. The van der Waals surface area contributed by atoms with Crippen molar-refractivity contribution in [1.29, 1.82) is 0 Å². The summed E-state index contributed by atoms with van der Waals surface area (Å²) < 4.78 is 18.3. The number of nitrogens with one attached hydrogen (secondary N) is 1. The third-order valence-corrected chi connectivity index (χ3v) is 6.23. The van der Waals surface area contributed by atoms with E-state index in [2.05, 4.69) is 29.2 Å². The molecule has 0 saturated heterocycles. The van der Waals surface area contributed by atoms with Gasteiger partial charge in [-0.1, -0.05) is 54.6 Å². The zero-order valence-corrected chi connectivity index (χ0v) is 20.4. The second-order valence-electron chi connectivity index (χ2n) is 8.39. The number of ketones is 1. The van der Waals surface area contributed by atoms with Gasteiger partial charge in [0.15, 0.2) is 24.2 Å². The van der Waals surface area contributed by atoms with Crippen LogP contribution in [-0.4, -0.2) is 32.1 Å². The van der Waals surface area contributed by atoms with Crippen LogP contribution >= 0.6 is 0 Å². The predicted molar refractivity (Wildman–Crippen MR) is 141 cm³/mol. The first-order chi connectivity index (χ1) is 17.6. The number of ether oxygens (including phenoxy) is 3. The molecule has 0 spiro atoms. The molecule has 0 bridgehead atoms. The van der Waals surface area contributed by atoms with Gasteiger partial charge in [0.2, 0.25) is 5.75 Å². The van der Waals surface area contributed by atoms with Crippen LogP contribution in [0, 0.1) is 0 Å². The Morgan fingerprint density at radius 3 is 2.25 bits per heavy atom. The van der Waals surface area contributed by atoms with Crippen LogP contribution in [0.4, 0.5) is 0 Å². The summed E-state index contributed by atoms with van der Waals surface area (Å²) in [5.74, 6) is 1.45. The van der Waals surface area contributed by atoms with Gasteiger partial charge in [-0.3, -0.25) is 4.79 Å². The largest absolute Gasteiger partial charge is 0.493 e. The number of para-hydroxylation sites is 1. The number of rotatable bonds is 8. The average Bonchev–Trinajstić information content (AvgIpc) is 3.30. The van der Waals surface area contributed by atoms with Crippen molar-refractivity contribution in [3.8, 4) is 17.2 Å². The smallest absolute Gasteiger partial charge is 0.277 e. The maximum Gasteiger partial charge on any atom is 0.277 e. The maximum atomic E-state index is 13.7. The number of benzene rings is 3. The van der Waals surface area contributed by atoms with Gasteiger partial charge in [0.05, 0.1) is 21.3 Å². The number of nitrogens with zero attached hydrogens (tertiary/aromatic N) is 1. The minimum atomic E-state index is -0.114. The van der Waals surface area contributed by atoms with Crippen molar-refractivity contribution in [2.24, 2.45) is 0 Å². The Morgan fingerprint density at radius 1 is 0.861 bits per heavy atom. The Labute approximate surface area is 209 Å². The van der Waals surface area contributed by atoms with Crippen molar-refractivity contribution in [3.63, 3.8) is 0 Å². The highest BCUT2D eigenvalue weighted by Gasteiger charge is 2.24. The summed E-state index contributed by atoms with van der Waals surface area (Å²) in [4.78, 5) is 17.2. The Morgan fingerprint density at radius 2 is 1.56 bits per heavy atom. The molecule has 6 heteroatoms. The maximum absolute atomic E-state index is 13.7. The van der Waals surface area contributed by atoms with E-state index in [9.17, 15) is 4.79 Å². The predicted octanol–water partition coefficient (Wildman–Crippen LogP) is 5.58. The molecule has 0 fully saturated rings. The number of carbonyl (C=O) groups is 1. The Hall–Kier alpha value is -4.58.